The maximum absolute atomic E-state index is 11.5. The molecule has 4 nitrogen and oxygen atoms in total. The van der Waals surface area contributed by atoms with Gasteiger partial charge in [0.05, 0.1) is 12.2 Å². The van der Waals surface area contributed by atoms with Crippen molar-refractivity contribution >= 4 is 5.97 Å². The summed E-state index contributed by atoms with van der Waals surface area (Å²) in [5, 5.41) is 30.8. The second-order valence-corrected chi connectivity index (χ2v) is 11.3. The number of carboxylic acids is 1. The summed E-state index contributed by atoms with van der Waals surface area (Å²) < 4.78 is 0. The first-order valence-electron chi connectivity index (χ1n) is 11.8. The number of carbonyl (C=O) groups is 1. The molecule has 0 amide bonds. The molecule has 0 radical (unpaired) electrons. The van der Waals surface area contributed by atoms with E-state index in [1.54, 1.807) is 0 Å². The van der Waals surface area contributed by atoms with E-state index in [1.807, 2.05) is 0 Å². The molecule has 4 fully saturated rings. The Kier molecular flexibility index (Phi) is 5.36. The lowest BCUT2D eigenvalue weighted by Crippen LogP contribution is -2.58. The zero-order chi connectivity index (χ0) is 20.3. The van der Waals surface area contributed by atoms with E-state index in [0.29, 0.717) is 35.5 Å². The van der Waals surface area contributed by atoms with E-state index in [4.69, 9.17) is 5.11 Å². The Morgan fingerprint density at radius 3 is 2.50 bits per heavy atom. The van der Waals surface area contributed by atoms with Gasteiger partial charge in [-0.1, -0.05) is 20.8 Å². The van der Waals surface area contributed by atoms with E-state index in [-0.39, 0.29) is 29.5 Å². The van der Waals surface area contributed by atoms with Crippen LogP contribution >= 0.6 is 0 Å². The fourth-order valence-electron chi connectivity index (χ4n) is 8.71. The Morgan fingerprint density at radius 1 is 1.04 bits per heavy atom. The SMILES string of the molecule is CC(CCC(=O)O)[C@H]1CCC2C3CC[C@@H]4CC(O)CC[C@]4(C)C3C[C@H](O)[C@@]21C. The predicted molar refractivity (Wildman–Crippen MR) is 109 cm³/mol. The monoisotopic (exact) mass is 392 g/mol. The topological polar surface area (TPSA) is 77.8 Å². The summed E-state index contributed by atoms with van der Waals surface area (Å²) in [5.41, 5.74) is 0.216. The summed E-state index contributed by atoms with van der Waals surface area (Å²) in [7, 11) is 0. The molecule has 0 aliphatic heterocycles. The third-order valence-electron chi connectivity index (χ3n) is 10.3. The van der Waals surface area contributed by atoms with Crippen molar-refractivity contribution in [3.8, 4) is 0 Å². The molecule has 0 spiro atoms. The van der Waals surface area contributed by atoms with E-state index in [2.05, 4.69) is 20.8 Å². The highest BCUT2D eigenvalue weighted by atomic mass is 16.4. The summed E-state index contributed by atoms with van der Waals surface area (Å²) in [6, 6.07) is 0. The Labute approximate surface area is 170 Å². The normalized spacial score (nSPS) is 51.7. The van der Waals surface area contributed by atoms with Gasteiger partial charge in [-0.05, 0) is 104 Å². The van der Waals surface area contributed by atoms with Gasteiger partial charge in [-0.3, -0.25) is 4.79 Å². The fourth-order valence-corrected chi connectivity index (χ4v) is 8.71. The molecule has 0 saturated heterocycles. The molecule has 0 bridgehead atoms. The van der Waals surface area contributed by atoms with Gasteiger partial charge in [-0.25, -0.2) is 0 Å². The van der Waals surface area contributed by atoms with Gasteiger partial charge in [-0.15, -0.1) is 0 Å². The summed E-state index contributed by atoms with van der Waals surface area (Å²) in [4.78, 5) is 11.1. The van der Waals surface area contributed by atoms with E-state index < -0.39 is 5.97 Å². The summed E-state index contributed by atoms with van der Waals surface area (Å²) >= 11 is 0. The van der Waals surface area contributed by atoms with Crippen LogP contribution < -0.4 is 0 Å². The van der Waals surface area contributed by atoms with Crippen LogP contribution in [-0.2, 0) is 4.79 Å². The molecule has 28 heavy (non-hydrogen) atoms. The quantitative estimate of drug-likeness (QED) is 0.659. The van der Waals surface area contributed by atoms with Crippen molar-refractivity contribution in [2.75, 3.05) is 0 Å². The zero-order valence-corrected chi connectivity index (χ0v) is 17.9. The third-order valence-corrected chi connectivity index (χ3v) is 10.3. The van der Waals surface area contributed by atoms with Gasteiger partial charge in [0.15, 0.2) is 0 Å². The highest BCUT2D eigenvalue weighted by Crippen LogP contribution is 2.68. The van der Waals surface area contributed by atoms with Gasteiger partial charge in [0, 0.05) is 6.42 Å². The van der Waals surface area contributed by atoms with E-state index in [0.717, 1.165) is 38.5 Å². The zero-order valence-electron chi connectivity index (χ0n) is 17.9. The van der Waals surface area contributed by atoms with Crippen LogP contribution in [0.2, 0.25) is 0 Å². The molecule has 4 saturated carbocycles. The molecule has 0 aromatic heterocycles. The highest BCUT2D eigenvalue weighted by Gasteiger charge is 2.63. The molecule has 0 aromatic carbocycles. The summed E-state index contributed by atoms with van der Waals surface area (Å²) in [5.74, 6) is 2.55. The van der Waals surface area contributed by atoms with E-state index in [1.165, 1.54) is 19.3 Å². The molecule has 5 unspecified atom stereocenters. The molecular weight excluding hydrogens is 352 g/mol. The van der Waals surface area contributed by atoms with Crippen molar-refractivity contribution in [2.45, 2.75) is 97.2 Å². The van der Waals surface area contributed by atoms with Crippen LogP contribution in [0.3, 0.4) is 0 Å². The number of fused-ring (bicyclic) bond motifs is 5. The minimum absolute atomic E-state index is 0.0591. The lowest BCUT2D eigenvalue weighted by molar-refractivity contribution is -0.175. The maximum atomic E-state index is 11.5. The first kappa shape index (κ1) is 20.7. The van der Waals surface area contributed by atoms with Gasteiger partial charge in [0.2, 0.25) is 0 Å². The molecule has 4 rings (SSSR count). The molecule has 4 aliphatic rings. The molecule has 0 aromatic rings. The van der Waals surface area contributed by atoms with Crippen molar-refractivity contribution in [2.24, 2.45) is 46.3 Å². The highest BCUT2D eigenvalue weighted by molar-refractivity contribution is 5.66. The molecule has 4 heteroatoms. The van der Waals surface area contributed by atoms with Crippen LogP contribution in [0.25, 0.3) is 0 Å². The average Bonchev–Trinajstić information content (AvgIpc) is 3.00. The second kappa shape index (κ2) is 7.27. The largest absolute Gasteiger partial charge is 0.481 e. The molecular formula is C24H40O4. The molecule has 0 heterocycles. The lowest BCUT2D eigenvalue weighted by Gasteiger charge is -2.62. The Hall–Kier alpha value is -0.610. The van der Waals surface area contributed by atoms with E-state index in [9.17, 15) is 15.0 Å². The lowest BCUT2D eigenvalue weighted by atomic mass is 9.43. The van der Waals surface area contributed by atoms with Crippen LogP contribution in [0.5, 0.6) is 0 Å². The number of aliphatic carboxylic acids is 1. The van der Waals surface area contributed by atoms with Gasteiger partial charge in [-0.2, -0.15) is 0 Å². The number of hydrogen-bond acceptors (Lipinski definition) is 3. The smallest absolute Gasteiger partial charge is 0.303 e. The van der Waals surface area contributed by atoms with Crippen molar-refractivity contribution in [3.63, 3.8) is 0 Å². The van der Waals surface area contributed by atoms with Gasteiger partial charge in [0.25, 0.3) is 0 Å². The van der Waals surface area contributed by atoms with Crippen LogP contribution in [0.4, 0.5) is 0 Å². The average molecular weight is 393 g/mol. The predicted octanol–water partition coefficient (Wildman–Crippen LogP) is 4.48. The number of aliphatic hydroxyl groups excluding tert-OH is 2. The minimum Gasteiger partial charge on any atom is -0.481 e. The molecule has 4 aliphatic carbocycles. The number of aliphatic hydroxyl groups is 2. The van der Waals surface area contributed by atoms with Gasteiger partial charge in [0.1, 0.15) is 0 Å². The van der Waals surface area contributed by atoms with Gasteiger partial charge < -0.3 is 15.3 Å². The van der Waals surface area contributed by atoms with Crippen LogP contribution in [0.1, 0.15) is 85.0 Å². The first-order valence-corrected chi connectivity index (χ1v) is 11.8. The standard InChI is InChI=1S/C24H40O4/c1-14(4-9-22(27)28)18-7-8-19-17-6-5-15-12-16(25)10-11-23(15,2)20(17)13-21(26)24(18,19)3/h14-21,25-26H,4-13H2,1-3H3,(H,27,28)/t14?,15-,16?,17?,18-,19?,20?,21+,23+,24-/m1/s1. The molecule has 3 N–H and O–H groups in total. The number of carboxylic acid groups (broad SMARTS) is 1. The van der Waals surface area contributed by atoms with Gasteiger partial charge >= 0.3 is 5.97 Å². The summed E-state index contributed by atoms with van der Waals surface area (Å²) in [6.07, 6.45) is 9.26. The second-order valence-electron chi connectivity index (χ2n) is 11.3. The Balaban J connectivity index is 1.56. The third kappa shape index (κ3) is 3.05. The number of rotatable bonds is 4. The molecule has 10 atom stereocenters. The van der Waals surface area contributed by atoms with Crippen molar-refractivity contribution in [1.82, 2.24) is 0 Å². The Morgan fingerprint density at radius 2 is 1.79 bits per heavy atom. The summed E-state index contributed by atoms with van der Waals surface area (Å²) in [6.45, 7) is 6.99. The Bertz CT molecular complexity index is 605. The maximum Gasteiger partial charge on any atom is 0.303 e. The fraction of sp³-hybridized carbons (Fsp3) is 0.958. The van der Waals surface area contributed by atoms with E-state index >= 15 is 0 Å². The number of hydrogen-bond donors (Lipinski definition) is 3. The van der Waals surface area contributed by atoms with Crippen LogP contribution in [-0.4, -0.2) is 33.5 Å². The molecule has 160 valence electrons. The van der Waals surface area contributed by atoms with Crippen molar-refractivity contribution in [3.05, 3.63) is 0 Å². The van der Waals surface area contributed by atoms with Crippen molar-refractivity contribution < 1.29 is 20.1 Å². The van der Waals surface area contributed by atoms with Crippen LogP contribution in [0, 0.1) is 46.3 Å². The minimum atomic E-state index is -0.707. The first-order chi connectivity index (χ1) is 13.2. The van der Waals surface area contributed by atoms with Crippen molar-refractivity contribution in [1.29, 1.82) is 0 Å². The van der Waals surface area contributed by atoms with Crippen LogP contribution in [0.15, 0.2) is 0 Å².